The number of hydrogen-bond acceptors (Lipinski definition) is 5. The Bertz CT molecular complexity index is 1200. The topological polar surface area (TPSA) is 59.0 Å². The summed E-state index contributed by atoms with van der Waals surface area (Å²) in [6, 6.07) is 14.9. The van der Waals surface area contributed by atoms with Crippen LogP contribution in [-0.4, -0.2) is 31.2 Å². The highest BCUT2D eigenvalue weighted by atomic mass is 16.5. The molecule has 0 amide bonds. The predicted molar refractivity (Wildman–Crippen MR) is 147 cm³/mol. The Balaban J connectivity index is 2.13. The highest BCUT2D eigenvalue weighted by Gasteiger charge is 2.42. The quantitative estimate of drug-likeness (QED) is 0.275. The van der Waals surface area contributed by atoms with Crippen LogP contribution in [-0.2, 0) is 9.53 Å². The summed E-state index contributed by atoms with van der Waals surface area (Å²) in [5.41, 5.74) is 4.33. The summed E-state index contributed by atoms with van der Waals surface area (Å²) in [4.78, 5) is 15.3. The fourth-order valence-electron chi connectivity index (χ4n) is 4.29. The lowest BCUT2D eigenvalue weighted by Crippen LogP contribution is -2.27. The number of allylic oxidation sites excluding steroid dienone is 5. The number of ether oxygens (including phenoxy) is 2. The maximum Gasteiger partial charge on any atom is 0.167 e. The molecule has 0 spiro atoms. The van der Waals surface area contributed by atoms with E-state index in [9.17, 15) is 9.90 Å². The van der Waals surface area contributed by atoms with Crippen LogP contribution in [0.1, 0.15) is 37.9 Å². The Morgan fingerprint density at radius 2 is 1.83 bits per heavy atom. The zero-order chi connectivity index (χ0) is 26.2. The summed E-state index contributed by atoms with van der Waals surface area (Å²) in [5, 5.41) is 11.2. The van der Waals surface area contributed by atoms with Crippen molar-refractivity contribution in [3.63, 3.8) is 0 Å². The Kier molecular flexibility index (Phi) is 9.09. The summed E-state index contributed by atoms with van der Waals surface area (Å²) in [5.74, 6) is 0.111. The van der Waals surface area contributed by atoms with Gasteiger partial charge in [-0.15, -0.1) is 0 Å². The van der Waals surface area contributed by atoms with E-state index in [0.29, 0.717) is 30.2 Å². The van der Waals surface area contributed by atoms with Gasteiger partial charge in [0.1, 0.15) is 18.1 Å². The van der Waals surface area contributed by atoms with Gasteiger partial charge >= 0.3 is 0 Å². The van der Waals surface area contributed by atoms with Crippen molar-refractivity contribution in [3.05, 3.63) is 114 Å². The first-order valence-corrected chi connectivity index (χ1v) is 12.1. The maximum absolute atomic E-state index is 13.3. The van der Waals surface area contributed by atoms with Crippen molar-refractivity contribution in [1.29, 1.82) is 0 Å². The van der Waals surface area contributed by atoms with E-state index in [1.807, 2.05) is 92.4 Å². The standard InChI is InChI=1S/C31H35NO4/c1-7-11-23(12-8-2)24-15-17-25(18-16-24)32-22(5)31(34)28(30(33)21(3)4)29(32)26-13-9-10-14-27(26)36-20-19-35-6/h7-18,21,29,34H,1,5,19-20H2,2-4,6H3/b12-8-,23-11+. The molecular formula is C31H35NO4. The Morgan fingerprint density at radius 3 is 2.44 bits per heavy atom. The van der Waals surface area contributed by atoms with Gasteiger partial charge in [-0.1, -0.05) is 81.6 Å². The monoisotopic (exact) mass is 485 g/mol. The number of aliphatic hydroxyl groups is 1. The number of benzene rings is 2. The number of hydrogen-bond donors (Lipinski definition) is 1. The van der Waals surface area contributed by atoms with Gasteiger partial charge < -0.3 is 19.5 Å². The first-order chi connectivity index (χ1) is 17.3. The van der Waals surface area contributed by atoms with E-state index in [4.69, 9.17) is 9.47 Å². The van der Waals surface area contributed by atoms with Crippen LogP contribution in [0.3, 0.4) is 0 Å². The molecule has 1 unspecified atom stereocenters. The molecule has 0 aromatic heterocycles. The van der Waals surface area contributed by atoms with Gasteiger partial charge in [-0.05, 0) is 36.3 Å². The Morgan fingerprint density at radius 1 is 1.14 bits per heavy atom. The third-order valence-electron chi connectivity index (χ3n) is 6.02. The van der Waals surface area contributed by atoms with Crippen LogP contribution in [0.2, 0.25) is 0 Å². The highest BCUT2D eigenvalue weighted by Crippen LogP contribution is 2.48. The molecule has 5 nitrogen and oxygen atoms in total. The van der Waals surface area contributed by atoms with Crippen molar-refractivity contribution < 1.29 is 19.4 Å². The molecule has 1 atom stereocenters. The number of Topliss-reactive ketones (excluding diaryl/α,β-unsaturated/α-hetero) is 1. The molecular weight excluding hydrogens is 450 g/mol. The van der Waals surface area contributed by atoms with Crippen LogP contribution in [0.4, 0.5) is 5.69 Å². The van der Waals surface area contributed by atoms with E-state index in [1.165, 1.54) is 0 Å². The zero-order valence-corrected chi connectivity index (χ0v) is 21.5. The number of nitrogens with zero attached hydrogens (tertiary/aromatic N) is 1. The number of aliphatic hydroxyl groups excluding tert-OH is 1. The number of para-hydroxylation sites is 1. The van der Waals surface area contributed by atoms with E-state index < -0.39 is 6.04 Å². The molecule has 0 bridgehead atoms. The largest absolute Gasteiger partial charge is 0.505 e. The molecule has 5 heteroatoms. The molecule has 3 rings (SSSR count). The molecule has 0 fully saturated rings. The highest BCUT2D eigenvalue weighted by molar-refractivity contribution is 6.01. The van der Waals surface area contributed by atoms with E-state index in [0.717, 1.165) is 22.4 Å². The lowest BCUT2D eigenvalue weighted by atomic mass is 9.90. The molecule has 1 aliphatic rings. The lowest BCUT2D eigenvalue weighted by Gasteiger charge is -2.31. The second-order valence-corrected chi connectivity index (χ2v) is 8.78. The smallest absolute Gasteiger partial charge is 0.167 e. The van der Waals surface area contributed by atoms with Crippen molar-refractivity contribution in [2.45, 2.75) is 26.8 Å². The predicted octanol–water partition coefficient (Wildman–Crippen LogP) is 6.97. The average molecular weight is 486 g/mol. The van der Waals surface area contributed by atoms with Crippen molar-refractivity contribution >= 4 is 17.0 Å². The van der Waals surface area contributed by atoms with Crippen LogP contribution in [0.5, 0.6) is 5.75 Å². The summed E-state index contributed by atoms with van der Waals surface area (Å²) >= 11 is 0. The molecule has 0 aliphatic carbocycles. The molecule has 1 N–H and O–H groups in total. The normalized spacial score (nSPS) is 16.4. The van der Waals surface area contributed by atoms with Crippen molar-refractivity contribution in [2.24, 2.45) is 5.92 Å². The summed E-state index contributed by atoms with van der Waals surface area (Å²) in [6.45, 7) is 14.4. The second kappa shape index (κ2) is 12.2. The van der Waals surface area contributed by atoms with Gasteiger partial charge in [-0.3, -0.25) is 4.79 Å². The molecule has 2 aromatic rings. The van der Waals surface area contributed by atoms with Crippen molar-refractivity contribution in [2.75, 3.05) is 25.2 Å². The molecule has 36 heavy (non-hydrogen) atoms. The summed E-state index contributed by atoms with van der Waals surface area (Å²) in [7, 11) is 1.62. The van der Waals surface area contributed by atoms with Crippen molar-refractivity contribution in [1.82, 2.24) is 0 Å². The molecule has 2 aromatic carbocycles. The minimum Gasteiger partial charge on any atom is -0.505 e. The number of anilines is 1. The van der Waals surface area contributed by atoms with Gasteiger partial charge in [0.25, 0.3) is 0 Å². The molecule has 1 heterocycles. The van der Waals surface area contributed by atoms with Gasteiger partial charge in [0.2, 0.25) is 0 Å². The first kappa shape index (κ1) is 26.8. The van der Waals surface area contributed by atoms with E-state index in [2.05, 4.69) is 13.2 Å². The zero-order valence-electron chi connectivity index (χ0n) is 21.5. The van der Waals surface area contributed by atoms with Gasteiger partial charge in [0.05, 0.1) is 23.9 Å². The number of ketones is 1. The minimum absolute atomic E-state index is 0.0874. The molecule has 0 saturated carbocycles. The number of carbonyl (C=O) groups excluding carboxylic acids is 1. The minimum atomic E-state index is -0.587. The van der Waals surface area contributed by atoms with E-state index in [1.54, 1.807) is 13.2 Å². The summed E-state index contributed by atoms with van der Waals surface area (Å²) < 4.78 is 11.2. The van der Waals surface area contributed by atoms with Crippen molar-refractivity contribution in [3.8, 4) is 5.75 Å². The van der Waals surface area contributed by atoms with Crippen LogP contribution in [0, 0.1) is 5.92 Å². The molecule has 0 radical (unpaired) electrons. The fourth-order valence-corrected chi connectivity index (χ4v) is 4.29. The third kappa shape index (κ3) is 5.52. The van der Waals surface area contributed by atoms with Crippen LogP contribution in [0.25, 0.3) is 5.57 Å². The fraction of sp³-hybridized carbons (Fsp3) is 0.258. The van der Waals surface area contributed by atoms with Crippen LogP contribution in [0.15, 0.2) is 103 Å². The van der Waals surface area contributed by atoms with Gasteiger partial charge in [0, 0.05) is 24.3 Å². The van der Waals surface area contributed by atoms with E-state index >= 15 is 0 Å². The number of rotatable bonds is 11. The number of carbonyl (C=O) groups is 1. The third-order valence-corrected chi connectivity index (χ3v) is 6.02. The molecule has 1 aliphatic heterocycles. The second-order valence-electron chi connectivity index (χ2n) is 8.78. The summed E-state index contributed by atoms with van der Waals surface area (Å²) in [6.07, 6.45) is 7.71. The molecule has 188 valence electrons. The first-order valence-electron chi connectivity index (χ1n) is 12.1. The Labute approximate surface area is 214 Å². The number of methoxy groups -OCH3 is 1. The van der Waals surface area contributed by atoms with Gasteiger partial charge in [-0.25, -0.2) is 0 Å². The molecule has 0 saturated heterocycles. The van der Waals surface area contributed by atoms with E-state index in [-0.39, 0.29) is 17.5 Å². The maximum atomic E-state index is 13.3. The van der Waals surface area contributed by atoms with Gasteiger partial charge in [-0.2, -0.15) is 0 Å². The lowest BCUT2D eigenvalue weighted by molar-refractivity contribution is -0.118. The van der Waals surface area contributed by atoms with Crippen LogP contribution < -0.4 is 9.64 Å². The van der Waals surface area contributed by atoms with Gasteiger partial charge in [0.15, 0.2) is 5.78 Å². The average Bonchev–Trinajstić information content (AvgIpc) is 3.14. The SMILES string of the molecule is C=C/C=C(\C=C/C)c1ccc(N2C(=C)C(O)=C(C(=O)C(C)C)C2c2ccccc2OCCOC)cc1. The Hall–Kier alpha value is -3.83. The van der Waals surface area contributed by atoms with Crippen LogP contribution >= 0.6 is 0 Å².